The summed E-state index contributed by atoms with van der Waals surface area (Å²) in [5.74, 6) is 1.41. The molecule has 3 rings (SSSR count). The van der Waals surface area contributed by atoms with E-state index in [1.807, 2.05) is 6.92 Å². The van der Waals surface area contributed by atoms with Crippen molar-refractivity contribution in [3.63, 3.8) is 0 Å². The maximum atomic E-state index is 5.77. The van der Waals surface area contributed by atoms with Crippen molar-refractivity contribution in [2.24, 2.45) is 11.8 Å². The SMILES string of the molecule is Cc1cnc(OCC2CCCN(CC3CCOCC3)C2)nc1. The second-order valence-electron chi connectivity index (χ2n) is 6.68. The zero-order valence-corrected chi connectivity index (χ0v) is 13.5. The molecule has 0 amide bonds. The molecule has 0 radical (unpaired) electrons. The van der Waals surface area contributed by atoms with Crippen molar-refractivity contribution in [3.05, 3.63) is 18.0 Å². The van der Waals surface area contributed by atoms with Gasteiger partial charge in [-0.25, -0.2) is 9.97 Å². The molecule has 2 aliphatic rings. The summed E-state index contributed by atoms with van der Waals surface area (Å²) in [6.45, 7) is 8.19. The number of hydrogen-bond acceptors (Lipinski definition) is 5. The third-order valence-corrected chi connectivity index (χ3v) is 4.67. The van der Waals surface area contributed by atoms with Crippen molar-refractivity contribution in [2.45, 2.75) is 32.6 Å². The lowest BCUT2D eigenvalue weighted by Crippen LogP contribution is -2.41. The summed E-state index contributed by atoms with van der Waals surface area (Å²) in [7, 11) is 0. The zero-order valence-electron chi connectivity index (χ0n) is 13.5. The smallest absolute Gasteiger partial charge is 0.316 e. The van der Waals surface area contributed by atoms with Gasteiger partial charge in [-0.05, 0) is 50.6 Å². The number of nitrogens with zero attached hydrogens (tertiary/aromatic N) is 3. The van der Waals surface area contributed by atoms with Gasteiger partial charge in [0.2, 0.25) is 0 Å². The van der Waals surface area contributed by atoms with Crippen LogP contribution in [-0.2, 0) is 4.74 Å². The van der Waals surface area contributed by atoms with Crippen molar-refractivity contribution in [1.82, 2.24) is 14.9 Å². The lowest BCUT2D eigenvalue weighted by molar-refractivity contribution is 0.0414. The molecule has 5 nitrogen and oxygen atoms in total. The van der Waals surface area contributed by atoms with Crippen LogP contribution in [-0.4, -0.2) is 54.3 Å². The van der Waals surface area contributed by atoms with E-state index in [0.717, 1.165) is 37.8 Å². The van der Waals surface area contributed by atoms with E-state index in [1.54, 1.807) is 12.4 Å². The maximum absolute atomic E-state index is 5.77. The van der Waals surface area contributed by atoms with Crippen LogP contribution < -0.4 is 4.74 Å². The number of hydrogen-bond donors (Lipinski definition) is 0. The van der Waals surface area contributed by atoms with Gasteiger partial charge in [0, 0.05) is 44.6 Å². The second-order valence-corrected chi connectivity index (χ2v) is 6.68. The van der Waals surface area contributed by atoms with Crippen LogP contribution >= 0.6 is 0 Å². The van der Waals surface area contributed by atoms with Crippen LogP contribution in [0.15, 0.2) is 12.4 Å². The van der Waals surface area contributed by atoms with E-state index in [4.69, 9.17) is 9.47 Å². The van der Waals surface area contributed by atoms with E-state index in [1.165, 1.54) is 38.8 Å². The van der Waals surface area contributed by atoms with Gasteiger partial charge >= 0.3 is 6.01 Å². The fourth-order valence-corrected chi connectivity index (χ4v) is 3.39. The van der Waals surface area contributed by atoms with Crippen LogP contribution in [0, 0.1) is 18.8 Å². The molecule has 3 heterocycles. The Morgan fingerprint density at radius 3 is 2.73 bits per heavy atom. The van der Waals surface area contributed by atoms with Gasteiger partial charge in [-0.2, -0.15) is 0 Å². The molecule has 0 aliphatic carbocycles. The largest absolute Gasteiger partial charge is 0.463 e. The number of piperidine rings is 1. The van der Waals surface area contributed by atoms with Gasteiger partial charge in [-0.3, -0.25) is 0 Å². The Labute approximate surface area is 133 Å². The lowest BCUT2D eigenvalue weighted by atomic mass is 9.95. The minimum atomic E-state index is 0.507. The molecule has 22 heavy (non-hydrogen) atoms. The summed E-state index contributed by atoms with van der Waals surface area (Å²) in [4.78, 5) is 11.0. The first-order chi connectivity index (χ1) is 10.8. The minimum Gasteiger partial charge on any atom is -0.463 e. The molecule has 2 fully saturated rings. The molecular weight excluding hydrogens is 278 g/mol. The Hall–Kier alpha value is -1.20. The van der Waals surface area contributed by atoms with Gasteiger partial charge in [-0.15, -0.1) is 0 Å². The molecule has 0 spiro atoms. The molecule has 122 valence electrons. The highest BCUT2D eigenvalue weighted by atomic mass is 16.5. The molecular formula is C17H27N3O2. The van der Waals surface area contributed by atoms with Gasteiger partial charge < -0.3 is 14.4 Å². The summed E-state index contributed by atoms with van der Waals surface area (Å²) in [6.07, 6.45) is 8.56. The fourth-order valence-electron chi connectivity index (χ4n) is 3.39. The number of aromatic nitrogens is 2. The van der Waals surface area contributed by atoms with Crippen molar-refractivity contribution in [3.8, 4) is 6.01 Å². The van der Waals surface area contributed by atoms with Gasteiger partial charge in [0.05, 0.1) is 6.61 Å². The van der Waals surface area contributed by atoms with Gasteiger partial charge in [0.1, 0.15) is 0 Å². The molecule has 1 aromatic heterocycles. The third-order valence-electron chi connectivity index (χ3n) is 4.67. The van der Waals surface area contributed by atoms with E-state index < -0.39 is 0 Å². The Balaban J connectivity index is 1.42. The molecule has 0 aromatic carbocycles. The summed E-state index contributed by atoms with van der Waals surface area (Å²) >= 11 is 0. The molecule has 0 bridgehead atoms. The average molecular weight is 305 g/mol. The van der Waals surface area contributed by atoms with E-state index >= 15 is 0 Å². The van der Waals surface area contributed by atoms with E-state index in [9.17, 15) is 0 Å². The number of ether oxygens (including phenoxy) is 2. The Bertz CT molecular complexity index is 446. The third kappa shape index (κ3) is 4.65. The Morgan fingerprint density at radius 1 is 1.18 bits per heavy atom. The number of rotatable bonds is 5. The molecule has 0 saturated carbocycles. The zero-order chi connectivity index (χ0) is 15.2. The normalized spacial score (nSPS) is 24.3. The predicted octanol–water partition coefficient (Wildman–Crippen LogP) is 2.30. The summed E-state index contributed by atoms with van der Waals surface area (Å²) in [5.41, 5.74) is 1.06. The first kappa shape index (κ1) is 15.7. The number of aryl methyl sites for hydroxylation is 1. The van der Waals surface area contributed by atoms with E-state index in [0.29, 0.717) is 11.9 Å². The monoisotopic (exact) mass is 305 g/mol. The topological polar surface area (TPSA) is 47.5 Å². The van der Waals surface area contributed by atoms with Crippen LogP contribution in [0.5, 0.6) is 6.01 Å². The van der Waals surface area contributed by atoms with Crippen LogP contribution in [0.25, 0.3) is 0 Å². The summed E-state index contributed by atoms with van der Waals surface area (Å²) in [5, 5.41) is 0. The van der Waals surface area contributed by atoms with Crippen LogP contribution in [0.3, 0.4) is 0 Å². The van der Waals surface area contributed by atoms with Gasteiger partial charge in [-0.1, -0.05) is 0 Å². The Morgan fingerprint density at radius 2 is 1.95 bits per heavy atom. The standard InChI is InChI=1S/C17H27N3O2/c1-14-9-18-17(19-10-14)22-13-16-3-2-6-20(12-16)11-15-4-7-21-8-5-15/h9-10,15-16H,2-8,11-13H2,1H3. The highest BCUT2D eigenvalue weighted by Gasteiger charge is 2.24. The van der Waals surface area contributed by atoms with Crippen molar-refractivity contribution in [1.29, 1.82) is 0 Å². The second kappa shape index (κ2) is 7.88. The summed E-state index contributed by atoms with van der Waals surface area (Å²) < 4.78 is 11.2. The Kier molecular flexibility index (Phi) is 5.62. The van der Waals surface area contributed by atoms with Crippen LogP contribution in [0.1, 0.15) is 31.2 Å². The van der Waals surface area contributed by atoms with Gasteiger partial charge in [0.15, 0.2) is 0 Å². The molecule has 5 heteroatoms. The fraction of sp³-hybridized carbons (Fsp3) is 0.765. The summed E-state index contributed by atoms with van der Waals surface area (Å²) in [6, 6.07) is 0.507. The minimum absolute atomic E-state index is 0.507. The highest BCUT2D eigenvalue weighted by molar-refractivity contribution is 5.04. The molecule has 2 aliphatic heterocycles. The number of likely N-dealkylation sites (tertiary alicyclic amines) is 1. The average Bonchev–Trinajstić information content (AvgIpc) is 2.56. The van der Waals surface area contributed by atoms with Crippen molar-refractivity contribution >= 4 is 0 Å². The van der Waals surface area contributed by atoms with Gasteiger partial charge in [0.25, 0.3) is 0 Å². The van der Waals surface area contributed by atoms with Crippen molar-refractivity contribution < 1.29 is 9.47 Å². The maximum Gasteiger partial charge on any atom is 0.316 e. The highest BCUT2D eigenvalue weighted by Crippen LogP contribution is 2.22. The molecule has 1 aromatic rings. The quantitative estimate of drug-likeness (QED) is 0.835. The van der Waals surface area contributed by atoms with Crippen LogP contribution in [0.2, 0.25) is 0 Å². The molecule has 1 unspecified atom stereocenters. The van der Waals surface area contributed by atoms with Crippen molar-refractivity contribution in [2.75, 3.05) is 39.5 Å². The van der Waals surface area contributed by atoms with Crippen LogP contribution in [0.4, 0.5) is 0 Å². The molecule has 0 N–H and O–H groups in total. The first-order valence-electron chi connectivity index (χ1n) is 8.51. The first-order valence-corrected chi connectivity index (χ1v) is 8.51. The van der Waals surface area contributed by atoms with E-state index in [2.05, 4.69) is 14.9 Å². The predicted molar refractivity (Wildman–Crippen MR) is 85.0 cm³/mol. The molecule has 2 saturated heterocycles. The molecule has 1 atom stereocenters. The lowest BCUT2D eigenvalue weighted by Gasteiger charge is -2.35. The van der Waals surface area contributed by atoms with E-state index in [-0.39, 0.29) is 0 Å².